The molecule has 0 amide bonds. The molecule has 1 aliphatic heterocycles. The van der Waals surface area contributed by atoms with Gasteiger partial charge < -0.3 is 14.5 Å². The molecule has 26 heavy (non-hydrogen) atoms. The van der Waals surface area contributed by atoms with Crippen molar-refractivity contribution in [2.75, 3.05) is 38.1 Å². The maximum atomic E-state index is 13.3. The molecule has 2 aromatic carbocycles. The summed E-state index contributed by atoms with van der Waals surface area (Å²) in [7, 11) is 2.12. The Morgan fingerprint density at radius 2 is 1.96 bits per heavy atom. The maximum Gasteiger partial charge on any atom is 0.343 e. The lowest BCUT2D eigenvalue weighted by molar-refractivity contribution is 0.0734. The number of thiazole rings is 1. The molecule has 5 nitrogen and oxygen atoms in total. The van der Waals surface area contributed by atoms with E-state index in [1.165, 1.54) is 24.3 Å². The van der Waals surface area contributed by atoms with Crippen LogP contribution in [-0.2, 0) is 0 Å². The van der Waals surface area contributed by atoms with Crippen LogP contribution in [0.15, 0.2) is 42.5 Å². The molecule has 2 heterocycles. The fourth-order valence-electron chi connectivity index (χ4n) is 2.87. The number of carbonyl (C=O) groups is 1. The van der Waals surface area contributed by atoms with E-state index in [-0.39, 0.29) is 5.56 Å². The van der Waals surface area contributed by atoms with E-state index in [9.17, 15) is 9.18 Å². The Kier molecular flexibility index (Phi) is 4.57. The fourth-order valence-corrected chi connectivity index (χ4v) is 3.92. The first kappa shape index (κ1) is 16.9. The third-order valence-corrected chi connectivity index (χ3v) is 5.47. The Morgan fingerprint density at radius 1 is 1.15 bits per heavy atom. The van der Waals surface area contributed by atoms with Crippen molar-refractivity contribution in [1.29, 1.82) is 0 Å². The highest BCUT2D eigenvalue weighted by Crippen LogP contribution is 2.32. The molecule has 0 N–H and O–H groups in total. The van der Waals surface area contributed by atoms with Crippen molar-refractivity contribution in [3.05, 3.63) is 53.8 Å². The number of nitrogens with zero attached hydrogens (tertiary/aromatic N) is 3. The summed E-state index contributed by atoms with van der Waals surface area (Å²) in [6.45, 7) is 3.95. The third-order valence-electron chi connectivity index (χ3n) is 4.39. The minimum absolute atomic E-state index is 0.188. The topological polar surface area (TPSA) is 45.7 Å². The first-order valence-electron chi connectivity index (χ1n) is 8.40. The third kappa shape index (κ3) is 3.54. The second kappa shape index (κ2) is 7.01. The number of hydrogen-bond donors (Lipinski definition) is 0. The van der Waals surface area contributed by atoms with E-state index < -0.39 is 11.8 Å². The van der Waals surface area contributed by atoms with Crippen LogP contribution in [0.1, 0.15) is 10.4 Å². The van der Waals surface area contributed by atoms with E-state index in [0.29, 0.717) is 5.75 Å². The normalized spacial score (nSPS) is 15.4. The van der Waals surface area contributed by atoms with Crippen LogP contribution in [0.5, 0.6) is 5.75 Å². The predicted octanol–water partition coefficient (Wildman–Crippen LogP) is 3.41. The molecule has 0 unspecified atom stereocenters. The summed E-state index contributed by atoms with van der Waals surface area (Å²) >= 11 is 1.59. The summed E-state index contributed by atoms with van der Waals surface area (Å²) < 4.78 is 19.6. The SMILES string of the molecule is CN1CCN(c2nc3ccc(OC(=O)c4cccc(F)c4)cc3s2)CC1. The number of ether oxygens (including phenoxy) is 1. The van der Waals surface area contributed by atoms with Crippen molar-refractivity contribution in [2.45, 2.75) is 0 Å². The molecule has 7 heteroatoms. The predicted molar refractivity (Wildman–Crippen MR) is 101 cm³/mol. The number of halogens is 1. The first-order chi connectivity index (χ1) is 12.6. The monoisotopic (exact) mass is 371 g/mol. The zero-order chi connectivity index (χ0) is 18.1. The van der Waals surface area contributed by atoms with E-state index in [1.807, 2.05) is 12.1 Å². The quantitative estimate of drug-likeness (QED) is 0.522. The van der Waals surface area contributed by atoms with Gasteiger partial charge in [0.05, 0.1) is 15.8 Å². The highest BCUT2D eigenvalue weighted by atomic mass is 32.1. The molecule has 0 spiro atoms. The molecule has 134 valence electrons. The van der Waals surface area contributed by atoms with Gasteiger partial charge in [-0.25, -0.2) is 14.2 Å². The van der Waals surface area contributed by atoms with Gasteiger partial charge in [0, 0.05) is 32.2 Å². The van der Waals surface area contributed by atoms with Gasteiger partial charge in [-0.1, -0.05) is 17.4 Å². The van der Waals surface area contributed by atoms with Crippen LogP contribution >= 0.6 is 11.3 Å². The van der Waals surface area contributed by atoms with Crippen LogP contribution in [0, 0.1) is 5.82 Å². The zero-order valence-corrected chi connectivity index (χ0v) is 15.1. The van der Waals surface area contributed by atoms with Gasteiger partial charge in [-0.15, -0.1) is 0 Å². The highest BCUT2D eigenvalue weighted by molar-refractivity contribution is 7.22. The molecular weight excluding hydrogens is 353 g/mol. The van der Waals surface area contributed by atoms with Crippen LogP contribution < -0.4 is 9.64 Å². The summed E-state index contributed by atoms with van der Waals surface area (Å²) in [4.78, 5) is 21.4. The maximum absolute atomic E-state index is 13.3. The van der Waals surface area contributed by atoms with Crippen molar-refractivity contribution in [2.24, 2.45) is 0 Å². The van der Waals surface area contributed by atoms with Gasteiger partial charge in [-0.2, -0.15) is 0 Å². The molecular formula is C19H18FN3O2S. The molecule has 0 bridgehead atoms. The summed E-state index contributed by atoms with van der Waals surface area (Å²) in [6, 6.07) is 10.8. The van der Waals surface area contributed by atoms with Gasteiger partial charge in [-0.05, 0) is 37.4 Å². The number of esters is 1. The number of likely N-dealkylation sites (N-methyl/N-ethyl adjacent to an activating group) is 1. The van der Waals surface area contributed by atoms with E-state index in [0.717, 1.165) is 41.5 Å². The second-order valence-corrected chi connectivity index (χ2v) is 7.33. The van der Waals surface area contributed by atoms with Gasteiger partial charge in [0.15, 0.2) is 5.13 Å². The second-order valence-electron chi connectivity index (χ2n) is 6.32. The van der Waals surface area contributed by atoms with Crippen LogP contribution in [-0.4, -0.2) is 49.1 Å². The number of benzene rings is 2. The minimum atomic E-state index is -0.576. The number of anilines is 1. The number of carbonyl (C=O) groups excluding carboxylic acids is 1. The lowest BCUT2D eigenvalue weighted by Gasteiger charge is -2.31. The Bertz CT molecular complexity index is 951. The first-order valence-corrected chi connectivity index (χ1v) is 9.22. The summed E-state index contributed by atoms with van der Waals surface area (Å²) in [6.07, 6.45) is 0. The molecule has 0 radical (unpaired) electrons. The van der Waals surface area contributed by atoms with E-state index in [1.54, 1.807) is 17.4 Å². The minimum Gasteiger partial charge on any atom is -0.423 e. The number of aromatic nitrogens is 1. The molecule has 0 aliphatic carbocycles. The highest BCUT2D eigenvalue weighted by Gasteiger charge is 2.18. The lowest BCUT2D eigenvalue weighted by Crippen LogP contribution is -2.44. The van der Waals surface area contributed by atoms with Crippen LogP contribution in [0.2, 0.25) is 0 Å². The average molecular weight is 371 g/mol. The number of hydrogen-bond acceptors (Lipinski definition) is 6. The standard InChI is InChI=1S/C19H18FN3O2S/c1-22-7-9-23(10-8-22)19-21-16-6-5-15(12-17(16)26-19)25-18(24)13-3-2-4-14(20)11-13/h2-6,11-12H,7-10H2,1H3. The van der Waals surface area contributed by atoms with Crippen LogP contribution in [0.4, 0.5) is 9.52 Å². The van der Waals surface area contributed by atoms with E-state index in [2.05, 4.69) is 21.8 Å². The average Bonchev–Trinajstić information content (AvgIpc) is 3.05. The molecule has 0 atom stereocenters. The number of piperazine rings is 1. The number of rotatable bonds is 3. The van der Waals surface area contributed by atoms with Gasteiger partial charge in [0.2, 0.25) is 0 Å². The largest absolute Gasteiger partial charge is 0.423 e. The summed E-state index contributed by atoms with van der Waals surface area (Å²) in [5, 5.41) is 0.988. The molecule has 1 saturated heterocycles. The smallest absolute Gasteiger partial charge is 0.343 e. The van der Waals surface area contributed by atoms with Gasteiger partial charge >= 0.3 is 5.97 Å². The fraction of sp³-hybridized carbons (Fsp3) is 0.263. The van der Waals surface area contributed by atoms with Crippen molar-refractivity contribution in [1.82, 2.24) is 9.88 Å². The lowest BCUT2D eigenvalue weighted by atomic mass is 10.2. The van der Waals surface area contributed by atoms with Crippen LogP contribution in [0.3, 0.4) is 0 Å². The van der Waals surface area contributed by atoms with Gasteiger partial charge in [0.1, 0.15) is 11.6 Å². The van der Waals surface area contributed by atoms with Gasteiger partial charge in [-0.3, -0.25) is 0 Å². The molecule has 1 aromatic heterocycles. The zero-order valence-electron chi connectivity index (χ0n) is 14.3. The molecule has 0 saturated carbocycles. The Balaban J connectivity index is 1.53. The summed E-state index contributed by atoms with van der Waals surface area (Å²) in [5.74, 6) is -0.609. The van der Waals surface area contributed by atoms with Crippen molar-refractivity contribution < 1.29 is 13.9 Å². The Labute approximate surface area is 154 Å². The van der Waals surface area contributed by atoms with E-state index in [4.69, 9.17) is 4.74 Å². The Hall–Kier alpha value is -2.51. The molecule has 1 fully saturated rings. The molecule has 4 rings (SSSR count). The van der Waals surface area contributed by atoms with Crippen LogP contribution in [0.25, 0.3) is 10.2 Å². The number of fused-ring (bicyclic) bond motifs is 1. The van der Waals surface area contributed by atoms with Crippen molar-refractivity contribution >= 4 is 32.7 Å². The van der Waals surface area contributed by atoms with E-state index >= 15 is 0 Å². The van der Waals surface area contributed by atoms with Crippen molar-refractivity contribution in [3.8, 4) is 5.75 Å². The summed E-state index contributed by atoms with van der Waals surface area (Å²) in [5.41, 5.74) is 1.07. The molecule has 3 aromatic rings. The van der Waals surface area contributed by atoms with Gasteiger partial charge in [0.25, 0.3) is 0 Å². The Morgan fingerprint density at radius 3 is 2.73 bits per heavy atom. The van der Waals surface area contributed by atoms with Crippen molar-refractivity contribution in [3.63, 3.8) is 0 Å². The molecule has 1 aliphatic rings.